The lowest BCUT2D eigenvalue weighted by atomic mass is 10.2. The van der Waals surface area contributed by atoms with Gasteiger partial charge >= 0.3 is 0 Å². The third-order valence-electron chi connectivity index (χ3n) is 3.23. The molecule has 0 aliphatic carbocycles. The third-order valence-corrected chi connectivity index (χ3v) is 3.92. The molecule has 1 aromatic heterocycles. The molecule has 1 aromatic rings. The minimum Gasteiger partial charge on any atom is -0.313 e. The summed E-state index contributed by atoms with van der Waals surface area (Å²) < 4.78 is 0. The number of nitrogens with zero attached hydrogens (tertiary/aromatic N) is 2. The summed E-state index contributed by atoms with van der Waals surface area (Å²) in [6, 6.07) is 0.541. The second kappa shape index (κ2) is 7.57. The Hall–Kier alpha value is -0.980. The van der Waals surface area contributed by atoms with Gasteiger partial charge in [0.2, 0.25) is 5.91 Å². The fourth-order valence-corrected chi connectivity index (χ4v) is 2.97. The summed E-state index contributed by atoms with van der Waals surface area (Å²) in [5, 5.41) is 8.87. The van der Waals surface area contributed by atoms with Crippen LogP contribution in [0.3, 0.4) is 0 Å². The molecule has 0 aromatic carbocycles. The van der Waals surface area contributed by atoms with Gasteiger partial charge in [-0.15, -0.1) is 11.3 Å². The standard InChI is InChI=1S/C13H22N4OS/c1-2-7-17(9-11-4-3-5-14-11)10-12(18)16-13-15-6-8-19-13/h6,8,11,14H,2-5,7,9-10H2,1H3,(H,15,16,18). The van der Waals surface area contributed by atoms with Gasteiger partial charge in [-0.05, 0) is 32.4 Å². The Labute approximate surface area is 118 Å². The predicted molar refractivity (Wildman–Crippen MR) is 78.5 cm³/mol. The first-order valence-corrected chi connectivity index (χ1v) is 7.81. The van der Waals surface area contributed by atoms with Crippen LogP contribution in [0, 0.1) is 0 Å². The van der Waals surface area contributed by atoms with Crippen molar-refractivity contribution in [2.75, 3.05) is 31.5 Å². The number of thiazole rings is 1. The highest BCUT2D eigenvalue weighted by atomic mass is 32.1. The van der Waals surface area contributed by atoms with Crippen LogP contribution in [0.15, 0.2) is 11.6 Å². The molecule has 0 radical (unpaired) electrons. The number of aromatic nitrogens is 1. The van der Waals surface area contributed by atoms with E-state index >= 15 is 0 Å². The number of hydrogen-bond donors (Lipinski definition) is 2. The number of hydrogen-bond acceptors (Lipinski definition) is 5. The smallest absolute Gasteiger partial charge is 0.240 e. The molecule has 0 bridgehead atoms. The maximum atomic E-state index is 12.0. The van der Waals surface area contributed by atoms with Crippen LogP contribution >= 0.6 is 11.3 Å². The number of nitrogens with one attached hydrogen (secondary N) is 2. The minimum absolute atomic E-state index is 0.0291. The number of amides is 1. The molecule has 1 atom stereocenters. The highest BCUT2D eigenvalue weighted by Gasteiger charge is 2.19. The normalized spacial score (nSPS) is 18.9. The van der Waals surface area contributed by atoms with Crippen LogP contribution < -0.4 is 10.6 Å². The number of rotatable bonds is 7. The largest absolute Gasteiger partial charge is 0.313 e. The van der Waals surface area contributed by atoms with Crippen LogP contribution in [0.2, 0.25) is 0 Å². The topological polar surface area (TPSA) is 57.3 Å². The molecule has 19 heavy (non-hydrogen) atoms. The Morgan fingerprint density at radius 3 is 3.21 bits per heavy atom. The van der Waals surface area contributed by atoms with Gasteiger partial charge in [-0.25, -0.2) is 4.98 Å². The van der Waals surface area contributed by atoms with E-state index in [1.165, 1.54) is 24.2 Å². The second-order valence-electron chi connectivity index (χ2n) is 4.91. The van der Waals surface area contributed by atoms with Crippen molar-refractivity contribution in [3.63, 3.8) is 0 Å². The number of carbonyl (C=O) groups excluding carboxylic acids is 1. The van der Waals surface area contributed by atoms with Crippen LogP contribution in [0.4, 0.5) is 5.13 Å². The molecule has 2 N–H and O–H groups in total. The van der Waals surface area contributed by atoms with E-state index in [4.69, 9.17) is 0 Å². The summed E-state index contributed by atoms with van der Waals surface area (Å²) in [6.07, 6.45) is 5.23. The molecule has 1 saturated heterocycles. The first-order chi connectivity index (χ1) is 9.28. The van der Waals surface area contributed by atoms with E-state index in [0.29, 0.717) is 17.7 Å². The van der Waals surface area contributed by atoms with Crippen molar-refractivity contribution in [3.8, 4) is 0 Å². The lowest BCUT2D eigenvalue weighted by molar-refractivity contribution is -0.117. The van der Waals surface area contributed by atoms with Gasteiger partial charge in [0.1, 0.15) is 0 Å². The van der Waals surface area contributed by atoms with Crippen molar-refractivity contribution in [1.82, 2.24) is 15.2 Å². The zero-order valence-corrected chi connectivity index (χ0v) is 12.2. The third kappa shape index (κ3) is 4.89. The van der Waals surface area contributed by atoms with Gasteiger partial charge in [0.25, 0.3) is 0 Å². The van der Waals surface area contributed by atoms with Gasteiger partial charge in [0, 0.05) is 24.2 Å². The van der Waals surface area contributed by atoms with Gasteiger partial charge in [0.15, 0.2) is 5.13 Å². The summed E-state index contributed by atoms with van der Waals surface area (Å²) in [7, 11) is 0. The lowest BCUT2D eigenvalue weighted by Crippen LogP contribution is -2.41. The number of anilines is 1. The Balaban J connectivity index is 1.79. The van der Waals surface area contributed by atoms with Crippen LogP contribution in [-0.4, -0.2) is 48.0 Å². The quantitative estimate of drug-likeness (QED) is 0.796. The Bertz CT molecular complexity index is 376. The molecule has 2 rings (SSSR count). The average molecular weight is 282 g/mol. The maximum absolute atomic E-state index is 12.0. The van der Waals surface area contributed by atoms with Gasteiger partial charge < -0.3 is 10.6 Å². The zero-order valence-electron chi connectivity index (χ0n) is 11.4. The molecule has 2 heterocycles. The molecule has 5 nitrogen and oxygen atoms in total. The second-order valence-corrected chi connectivity index (χ2v) is 5.81. The van der Waals surface area contributed by atoms with Gasteiger partial charge in [0.05, 0.1) is 6.54 Å². The summed E-state index contributed by atoms with van der Waals surface area (Å²) >= 11 is 1.45. The lowest BCUT2D eigenvalue weighted by Gasteiger charge is -2.24. The van der Waals surface area contributed by atoms with E-state index in [2.05, 4.69) is 27.4 Å². The Morgan fingerprint density at radius 1 is 1.68 bits per heavy atom. The van der Waals surface area contributed by atoms with Crippen LogP contribution in [0.1, 0.15) is 26.2 Å². The van der Waals surface area contributed by atoms with Crippen molar-refractivity contribution >= 4 is 22.4 Å². The molecular formula is C13H22N4OS. The molecule has 1 unspecified atom stereocenters. The molecule has 106 valence electrons. The summed E-state index contributed by atoms with van der Waals surface area (Å²) in [6.45, 7) is 5.62. The molecule has 1 aliphatic rings. The summed E-state index contributed by atoms with van der Waals surface area (Å²) in [5.41, 5.74) is 0. The van der Waals surface area contributed by atoms with E-state index in [-0.39, 0.29) is 5.91 Å². The predicted octanol–water partition coefficient (Wildman–Crippen LogP) is 1.55. The van der Waals surface area contributed by atoms with E-state index in [1.807, 2.05) is 5.38 Å². The Morgan fingerprint density at radius 2 is 2.58 bits per heavy atom. The highest BCUT2D eigenvalue weighted by molar-refractivity contribution is 7.13. The molecular weight excluding hydrogens is 260 g/mol. The van der Waals surface area contributed by atoms with Crippen LogP contribution in [0.25, 0.3) is 0 Å². The number of carbonyl (C=O) groups is 1. The van der Waals surface area contributed by atoms with Crippen molar-refractivity contribution < 1.29 is 4.79 Å². The Kier molecular flexibility index (Phi) is 5.75. The van der Waals surface area contributed by atoms with Crippen LogP contribution in [-0.2, 0) is 4.79 Å². The maximum Gasteiger partial charge on any atom is 0.240 e. The van der Waals surface area contributed by atoms with Crippen LogP contribution in [0.5, 0.6) is 0 Å². The molecule has 0 saturated carbocycles. The van der Waals surface area contributed by atoms with Crippen molar-refractivity contribution in [2.24, 2.45) is 0 Å². The highest BCUT2D eigenvalue weighted by Crippen LogP contribution is 2.11. The van der Waals surface area contributed by atoms with E-state index < -0.39 is 0 Å². The molecule has 1 fully saturated rings. The fraction of sp³-hybridized carbons (Fsp3) is 0.692. The van der Waals surface area contributed by atoms with Crippen molar-refractivity contribution in [1.29, 1.82) is 0 Å². The molecule has 6 heteroatoms. The fourth-order valence-electron chi connectivity index (χ4n) is 2.42. The van der Waals surface area contributed by atoms with Crippen molar-refractivity contribution in [2.45, 2.75) is 32.2 Å². The average Bonchev–Trinajstić information content (AvgIpc) is 3.02. The van der Waals surface area contributed by atoms with E-state index in [9.17, 15) is 4.79 Å². The van der Waals surface area contributed by atoms with Gasteiger partial charge in [-0.3, -0.25) is 9.69 Å². The minimum atomic E-state index is 0.0291. The first-order valence-electron chi connectivity index (χ1n) is 6.93. The van der Waals surface area contributed by atoms with E-state index in [1.54, 1.807) is 6.20 Å². The van der Waals surface area contributed by atoms with Crippen molar-refractivity contribution in [3.05, 3.63) is 11.6 Å². The van der Waals surface area contributed by atoms with E-state index in [0.717, 1.165) is 26.1 Å². The van der Waals surface area contributed by atoms with Gasteiger partial charge in [-0.2, -0.15) is 0 Å². The summed E-state index contributed by atoms with van der Waals surface area (Å²) in [4.78, 5) is 18.3. The zero-order chi connectivity index (χ0) is 13.5. The monoisotopic (exact) mass is 282 g/mol. The molecule has 1 amide bonds. The first kappa shape index (κ1) is 14.4. The molecule has 0 spiro atoms. The molecule has 1 aliphatic heterocycles. The SMILES string of the molecule is CCCN(CC(=O)Nc1nccs1)CC1CCCN1. The summed E-state index contributed by atoms with van der Waals surface area (Å²) in [5.74, 6) is 0.0291. The van der Waals surface area contributed by atoms with Gasteiger partial charge in [-0.1, -0.05) is 6.92 Å².